The first-order valence-corrected chi connectivity index (χ1v) is 8.14. The summed E-state index contributed by atoms with van der Waals surface area (Å²) in [5.74, 6) is 0.710. The van der Waals surface area contributed by atoms with E-state index in [9.17, 15) is 9.59 Å². The van der Waals surface area contributed by atoms with Gasteiger partial charge in [0, 0.05) is 26.2 Å². The van der Waals surface area contributed by atoms with Gasteiger partial charge in [-0.25, -0.2) is 0 Å². The third-order valence-corrected chi connectivity index (χ3v) is 4.25. The second-order valence-electron chi connectivity index (χ2n) is 5.98. The van der Waals surface area contributed by atoms with E-state index in [1.165, 1.54) is 0 Å². The summed E-state index contributed by atoms with van der Waals surface area (Å²) in [6, 6.07) is 3.61. The predicted molar refractivity (Wildman–Crippen MR) is 82.5 cm³/mol. The number of carbonyl (C=O) groups is 2. The van der Waals surface area contributed by atoms with Gasteiger partial charge in [0.05, 0.1) is 26.0 Å². The Morgan fingerprint density at radius 1 is 1.26 bits per heavy atom. The van der Waals surface area contributed by atoms with Crippen LogP contribution in [0, 0.1) is 0 Å². The van der Waals surface area contributed by atoms with Gasteiger partial charge in [0.2, 0.25) is 5.91 Å². The van der Waals surface area contributed by atoms with Crippen LogP contribution in [0.2, 0.25) is 0 Å². The van der Waals surface area contributed by atoms with Crippen molar-refractivity contribution in [2.45, 2.75) is 25.5 Å². The van der Waals surface area contributed by atoms with Crippen LogP contribution in [-0.4, -0.2) is 67.0 Å². The van der Waals surface area contributed by atoms with Crippen LogP contribution in [0.15, 0.2) is 22.8 Å². The van der Waals surface area contributed by atoms with Crippen LogP contribution in [0.4, 0.5) is 0 Å². The van der Waals surface area contributed by atoms with E-state index in [1.54, 1.807) is 12.3 Å². The molecule has 3 rings (SSSR count). The molecule has 0 bridgehead atoms. The molecule has 0 radical (unpaired) electrons. The molecule has 2 aliphatic heterocycles. The summed E-state index contributed by atoms with van der Waals surface area (Å²) < 4.78 is 10.8. The zero-order chi connectivity index (χ0) is 16.1. The van der Waals surface area contributed by atoms with Gasteiger partial charge >= 0.3 is 0 Å². The van der Waals surface area contributed by atoms with Gasteiger partial charge in [0.15, 0.2) is 0 Å². The standard InChI is InChI=1S/C16H23N3O4/c20-15(17-10-13-4-3-8-22-13)12-18-7-9-23-14(11-18)16(21)19-5-1-2-6-19/h3-4,8,14H,1-2,5-7,9-12H2,(H,17,20). The Morgan fingerprint density at radius 2 is 2.09 bits per heavy atom. The second-order valence-corrected chi connectivity index (χ2v) is 5.98. The maximum atomic E-state index is 12.4. The van der Waals surface area contributed by atoms with Crippen LogP contribution >= 0.6 is 0 Å². The monoisotopic (exact) mass is 321 g/mol. The molecular weight excluding hydrogens is 298 g/mol. The number of likely N-dealkylation sites (tertiary alicyclic amines) is 1. The van der Waals surface area contributed by atoms with Gasteiger partial charge in [-0.05, 0) is 25.0 Å². The molecule has 2 saturated heterocycles. The van der Waals surface area contributed by atoms with E-state index in [2.05, 4.69) is 5.32 Å². The van der Waals surface area contributed by atoms with E-state index < -0.39 is 6.10 Å². The van der Waals surface area contributed by atoms with Crippen molar-refractivity contribution in [3.8, 4) is 0 Å². The van der Waals surface area contributed by atoms with Crippen LogP contribution in [0.25, 0.3) is 0 Å². The molecule has 0 aromatic carbocycles. The maximum absolute atomic E-state index is 12.4. The van der Waals surface area contributed by atoms with Gasteiger partial charge in [-0.3, -0.25) is 14.5 Å². The van der Waals surface area contributed by atoms with Crippen molar-refractivity contribution in [3.05, 3.63) is 24.2 Å². The molecule has 2 fully saturated rings. The molecule has 126 valence electrons. The highest BCUT2D eigenvalue weighted by atomic mass is 16.5. The minimum atomic E-state index is -0.445. The average molecular weight is 321 g/mol. The number of morpholine rings is 1. The first-order valence-electron chi connectivity index (χ1n) is 8.14. The molecule has 7 heteroatoms. The highest BCUT2D eigenvalue weighted by Crippen LogP contribution is 2.13. The molecular formula is C16H23N3O4. The van der Waals surface area contributed by atoms with E-state index in [4.69, 9.17) is 9.15 Å². The molecule has 1 aromatic rings. The molecule has 1 atom stereocenters. The Morgan fingerprint density at radius 3 is 2.83 bits per heavy atom. The Hall–Kier alpha value is -1.86. The number of furan rings is 1. The van der Waals surface area contributed by atoms with E-state index in [1.807, 2.05) is 15.9 Å². The fourth-order valence-corrected chi connectivity index (χ4v) is 2.99. The Balaban J connectivity index is 1.44. The maximum Gasteiger partial charge on any atom is 0.253 e. The lowest BCUT2D eigenvalue weighted by Gasteiger charge is -2.33. The lowest BCUT2D eigenvalue weighted by atomic mass is 10.2. The lowest BCUT2D eigenvalue weighted by Crippen LogP contribution is -2.52. The van der Waals surface area contributed by atoms with Crippen molar-refractivity contribution in [1.29, 1.82) is 0 Å². The fraction of sp³-hybridized carbons (Fsp3) is 0.625. The fourth-order valence-electron chi connectivity index (χ4n) is 2.99. The zero-order valence-corrected chi connectivity index (χ0v) is 13.2. The quantitative estimate of drug-likeness (QED) is 0.840. The summed E-state index contributed by atoms with van der Waals surface area (Å²) in [5.41, 5.74) is 0. The highest BCUT2D eigenvalue weighted by Gasteiger charge is 2.31. The zero-order valence-electron chi connectivity index (χ0n) is 13.2. The molecule has 0 spiro atoms. The number of rotatable bonds is 5. The van der Waals surface area contributed by atoms with Crippen LogP contribution in [0.1, 0.15) is 18.6 Å². The largest absolute Gasteiger partial charge is 0.467 e. The topological polar surface area (TPSA) is 75.0 Å². The molecule has 7 nitrogen and oxygen atoms in total. The van der Waals surface area contributed by atoms with Gasteiger partial charge in [-0.15, -0.1) is 0 Å². The first-order chi connectivity index (χ1) is 11.2. The Labute approximate surface area is 135 Å². The van der Waals surface area contributed by atoms with Gasteiger partial charge in [0.1, 0.15) is 11.9 Å². The summed E-state index contributed by atoms with van der Waals surface area (Å²) >= 11 is 0. The van der Waals surface area contributed by atoms with Crippen LogP contribution in [0.5, 0.6) is 0 Å². The van der Waals surface area contributed by atoms with E-state index >= 15 is 0 Å². The van der Waals surface area contributed by atoms with Crippen molar-refractivity contribution in [2.75, 3.05) is 39.3 Å². The summed E-state index contributed by atoms with van der Waals surface area (Å²) in [4.78, 5) is 28.2. The molecule has 23 heavy (non-hydrogen) atoms. The summed E-state index contributed by atoms with van der Waals surface area (Å²) in [6.45, 7) is 3.92. The first kappa shape index (κ1) is 16.0. The van der Waals surface area contributed by atoms with Gasteiger partial charge in [-0.1, -0.05) is 0 Å². The number of hydrogen-bond donors (Lipinski definition) is 1. The molecule has 1 unspecified atom stereocenters. The number of carbonyl (C=O) groups excluding carboxylic acids is 2. The number of nitrogens with one attached hydrogen (secondary N) is 1. The van der Waals surface area contributed by atoms with Crippen LogP contribution in [-0.2, 0) is 20.9 Å². The number of amides is 2. The minimum absolute atomic E-state index is 0.0585. The normalized spacial score (nSPS) is 22.3. The predicted octanol–water partition coefficient (Wildman–Crippen LogP) is 0.219. The van der Waals surface area contributed by atoms with Crippen molar-refractivity contribution in [2.24, 2.45) is 0 Å². The van der Waals surface area contributed by atoms with Crippen molar-refractivity contribution in [1.82, 2.24) is 15.1 Å². The molecule has 2 amide bonds. The van der Waals surface area contributed by atoms with Gasteiger partial charge in [0.25, 0.3) is 5.91 Å². The van der Waals surface area contributed by atoms with Gasteiger partial charge < -0.3 is 19.4 Å². The summed E-state index contributed by atoms with van der Waals surface area (Å²) in [7, 11) is 0. The third kappa shape index (κ3) is 4.33. The number of hydrogen-bond acceptors (Lipinski definition) is 5. The SMILES string of the molecule is O=C(CN1CCOC(C(=O)N2CCCC2)C1)NCc1ccco1. The van der Waals surface area contributed by atoms with Crippen molar-refractivity contribution >= 4 is 11.8 Å². The molecule has 0 aliphatic carbocycles. The van der Waals surface area contributed by atoms with Crippen molar-refractivity contribution in [3.63, 3.8) is 0 Å². The molecule has 2 aliphatic rings. The van der Waals surface area contributed by atoms with E-state index in [0.717, 1.165) is 31.7 Å². The highest BCUT2D eigenvalue weighted by molar-refractivity contribution is 5.82. The molecule has 0 saturated carbocycles. The lowest BCUT2D eigenvalue weighted by molar-refractivity contribution is -0.149. The smallest absolute Gasteiger partial charge is 0.253 e. The molecule has 1 N–H and O–H groups in total. The second kappa shape index (κ2) is 7.61. The Kier molecular flexibility index (Phi) is 5.30. The average Bonchev–Trinajstić information content (AvgIpc) is 3.26. The summed E-state index contributed by atoms with van der Waals surface area (Å²) in [5, 5.41) is 2.82. The Bertz CT molecular complexity index is 525. The van der Waals surface area contributed by atoms with E-state index in [0.29, 0.717) is 26.2 Å². The van der Waals surface area contributed by atoms with Gasteiger partial charge in [-0.2, -0.15) is 0 Å². The van der Waals surface area contributed by atoms with E-state index in [-0.39, 0.29) is 18.4 Å². The molecule has 1 aromatic heterocycles. The van der Waals surface area contributed by atoms with Crippen LogP contribution < -0.4 is 5.32 Å². The minimum Gasteiger partial charge on any atom is -0.467 e. The summed E-state index contributed by atoms with van der Waals surface area (Å²) in [6.07, 6.45) is 3.27. The van der Waals surface area contributed by atoms with Crippen molar-refractivity contribution < 1.29 is 18.7 Å². The number of nitrogens with zero attached hydrogens (tertiary/aromatic N) is 2. The number of ether oxygens (including phenoxy) is 1. The van der Waals surface area contributed by atoms with Crippen LogP contribution in [0.3, 0.4) is 0 Å². The third-order valence-electron chi connectivity index (χ3n) is 4.25. The molecule has 3 heterocycles.